The summed E-state index contributed by atoms with van der Waals surface area (Å²) in [5, 5.41) is 15.1. The first kappa shape index (κ1) is 25.5. The zero-order valence-electron chi connectivity index (χ0n) is 18.4. The number of carbonyl (C=O) groups excluding carboxylic acids is 2. The van der Waals surface area contributed by atoms with Crippen LogP contribution in [0.1, 0.15) is 44.7 Å². The van der Waals surface area contributed by atoms with Crippen LogP contribution in [0.25, 0.3) is 0 Å². The van der Waals surface area contributed by atoms with Crippen LogP contribution in [-0.2, 0) is 17.6 Å². The van der Waals surface area contributed by atoms with Crippen molar-refractivity contribution in [2.45, 2.75) is 31.7 Å². The maximum atomic E-state index is 14.7. The molecule has 1 aliphatic rings. The number of nitrogens with zero attached hydrogens (tertiary/aromatic N) is 1. The number of aliphatic imine (C=N–C) groups is 1. The van der Waals surface area contributed by atoms with E-state index in [1.165, 1.54) is 18.2 Å². The number of aryl methyl sites for hydroxylation is 1. The summed E-state index contributed by atoms with van der Waals surface area (Å²) in [5.74, 6) is -2.90. The second-order valence-corrected chi connectivity index (χ2v) is 8.98. The van der Waals surface area contributed by atoms with E-state index in [1.54, 1.807) is 18.2 Å². The first-order valence-corrected chi connectivity index (χ1v) is 11.7. The number of amides is 1. The lowest BCUT2D eigenvalue weighted by atomic mass is 9.90. The first-order valence-electron chi connectivity index (χ1n) is 10.9. The Morgan fingerprint density at radius 3 is 2.68 bits per heavy atom. The SMILES string of the molecule is NC(=NC(C(=O)O)C1CCNCC1)NC(=O)c1cccc(F)c1CCc1cc(Br)ccc1C=O. The quantitative estimate of drug-likeness (QED) is 0.234. The molecule has 34 heavy (non-hydrogen) atoms. The summed E-state index contributed by atoms with van der Waals surface area (Å²) in [5.41, 5.74) is 7.30. The number of nitrogens with two attached hydrogens (primary N) is 1. The minimum atomic E-state index is -1.12. The zero-order valence-corrected chi connectivity index (χ0v) is 20.0. The van der Waals surface area contributed by atoms with Crippen LogP contribution in [0.2, 0.25) is 0 Å². The predicted molar refractivity (Wildman–Crippen MR) is 129 cm³/mol. The highest BCUT2D eigenvalue weighted by molar-refractivity contribution is 9.10. The third-order valence-electron chi connectivity index (χ3n) is 5.84. The number of rotatable bonds is 8. The number of guanidine groups is 1. The van der Waals surface area contributed by atoms with Crippen molar-refractivity contribution in [1.82, 2.24) is 10.6 Å². The van der Waals surface area contributed by atoms with Crippen LogP contribution in [0.5, 0.6) is 0 Å². The number of carbonyl (C=O) groups is 3. The molecular weight excluding hydrogens is 507 g/mol. The number of piperidine rings is 1. The highest BCUT2D eigenvalue weighted by atomic mass is 79.9. The number of hydrogen-bond acceptors (Lipinski definition) is 5. The van der Waals surface area contributed by atoms with E-state index < -0.39 is 23.7 Å². The van der Waals surface area contributed by atoms with Gasteiger partial charge in [-0.2, -0.15) is 0 Å². The zero-order chi connectivity index (χ0) is 24.7. The summed E-state index contributed by atoms with van der Waals surface area (Å²) in [6, 6.07) is 8.24. The van der Waals surface area contributed by atoms with Crippen LogP contribution < -0.4 is 16.4 Å². The van der Waals surface area contributed by atoms with Crippen molar-refractivity contribution in [1.29, 1.82) is 0 Å². The lowest BCUT2D eigenvalue weighted by Gasteiger charge is -2.25. The second kappa shape index (κ2) is 11.8. The van der Waals surface area contributed by atoms with Crippen molar-refractivity contribution < 1.29 is 23.9 Å². The Labute approximate surface area is 205 Å². The van der Waals surface area contributed by atoms with Gasteiger partial charge in [0.1, 0.15) is 12.1 Å². The normalized spacial score (nSPS) is 15.5. The average Bonchev–Trinajstić information content (AvgIpc) is 2.82. The monoisotopic (exact) mass is 532 g/mol. The lowest BCUT2D eigenvalue weighted by molar-refractivity contribution is -0.140. The molecular formula is C24H26BrFN4O4. The van der Waals surface area contributed by atoms with Crippen LogP contribution in [0, 0.1) is 11.7 Å². The summed E-state index contributed by atoms with van der Waals surface area (Å²) in [7, 11) is 0. The molecule has 1 saturated heterocycles. The van der Waals surface area contributed by atoms with Crippen molar-refractivity contribution >= 4 is 40.1 Å². The second-order valence-electron chi connectivity index (χ2n) is 8.07. The molecule has 0 radical (unpaired) electrons. The summed E-state index contributed by atoms with van der Waals surface area (Å²) < 4.78 is 15.4. The molecule has 180 valence electrons. The minimum absolute atomic E-state index is 0.0644. The van der Waals surface area contributed by atoms with Crippen LogP contribution in [0.4, 0.5) is 4.39 Å². The molecule has 2 aromatic carbocycles. The van der Waals surface area contributed by atoms with Gasteiger partial charge in [0.15, 0.2) is 12.0 Å². The molecule has 10 heteroatoms. The third kappa shape index (κ3) is 6.48. The molecule has 1 aliphatic heterocycles. The van der Waals surface area contributed by atoms with Crippen molar-refractivity contribution in [2.24, 2.45) is 16.6 Å². The lowest BCUT2D eigenvalue weighted by Crippen LogP contribution is -2.42. The molecule has 8 nitrogen and oxygen atoms in total. The largest absolute Gasteiger partial charge is 0.480 e. The van der Waals surface area contributed by atoms with Gasteiger partial charge in [0, 0.05) is 21.2 Å². The van der Waals surface area contributed by atoms with Gasteiger partial charge in [-0.25, -0.2) is 14.2 Å². The summed E-state index contributed by atoms with van der Waals surface area (Å²) in [4.78, 5) is 40.0. The number of hydrogen-bond donors (Lipinski definition) is 4. The molecule has 0 spiro atoms. The molecule has 2 aromatic rings. The number of aliphatic carboxylic acids is 1. The number of nitrogens with one attached hydrogen (secondary N) is 2. The first-order chi connectivity index (χ1) is 16.3. The van der Waals surface area contributed by atoms with Gasteiger partial charge in [-0.3, -0.25) is 14.9 Å². The molecule has 5 N–H and O–H groups in total. The fourth-order valence-corrected chi connectivity index (χ4v) is 4.49. The van der Waals surface area contributed by atoms with E-state index in [2.05, 4.69) is 31.6 Å². The molecule has 3 rings (SSSR count). The standard InChI is InChI=1S/C24H26BrFN4O4/c25-17-6-4-16(13-31)15(12-17)5-7-18-19(2-1-3-20(18)26)22(32)30-24(27)29-21(23(33)34)14-8-10-28-11-9-14/h1-4,6,12-14,21,28H,5,7-11H2,(H,33,34)(H3,27,29,30,32). The summed E-state index contributed by atoms with van der Waals surface area (Å²) in [6.45, 7) is 1.37. The van der Waals surface area contributed by atoms with Crippen LogP contribution in [0.15, 0.2) is 45.9 Å². The predicted octanol–water partition coefficient (Wildman–Crippen LogP) is 2.68. The summed E-state index contributed by atoms with van der Waals surface area (Å²) in [6.07, 6.45) is 2.49. The molecule has 1 atom stereocenters. The average molecular weight is 533 g/mol. The van der Waals surface area contributed by atoms with Crippen molar-refractivity contribution in [3.63, 3.8) is 0 Å². The van der Waals surface area contributed by atoms with Crippen LogP contribution >= 0.6 is 15.9 Å². The summed E-state index contributed by atoms with van der Waals surface area (Å²) >= 11 is 3.36. The fraction of sp³-hybridized carbons (Fsp3) is 0.333. The van der Waals surface area contributed by atoms with Crippen molar-refractivity contribution in [3.05, 3.63) is 68.9 Å². The molecule has 0 saturated carbocycles. The van der Waals surface area contributed by atoms with Gasteiger partial charge >= 0.3 is 5.97 Å². The van der Waals surface area contributed by atoms with E-state index in [4.69, 9.17) is 5.73 Å². The Morgan fingerprint density at radius 1 is 1.26 bits per heavy atom. The molecule has 0 bridgehead atoms. The van der Waals surface area contributed by atoms with Gasteiger partial charge in [0.05, 0.1) is 0 Å². The number of benzene rings is 2. The third-order valence-corrected chi connectivity index (χ3v) is 6.34. The van der Waals surface area contributed by atoms with Crippen LogP contribution in [0.3, 0.4) is 0 Å². The van der Waals surface area contributed by atoms with Crippen molar-refractivity contribution in [2.75, 3.05) is 13.1 Å². The molecule has 0 aromatic heterocycles. The highest BCUT2D eigenvalue weighted by Crippen LogP contribution is 2.22. The van der Waals surface area contributed by atoms with Gasteiger partial charge in [-0.15, -0.1) is 0 Å². The van der Waals surface area contributed by atoms with E-state index in [1.807, 2.05) is 0 Å². The fourth-order valence-electron chi connectivity index (χ4n) is 4.08. The molecule has 0 aliphatic carbocycles. The van der Waals surface area contributed by atoms with Gasteiger partial charge in [0.25, 0.3) is 5.91 Å². The Bertz CT molecular complexity index is 1100. The Balaban J connectivity index is 1.78. The van der Waals surface area contributed by atoms with Gasteiger partial charge < -0.3 is 16.2 Å². The van der Waals surface area contributed by atoms with E-state index in [0.717, 1.165) is 10.8 Å². The minimum Gasteiger partial charge on any atom is -0.480 e. The Kier molecular flexibility index (Phi) is 8.89. The Hall–Kier alpha value is -3.11. The molecule has 1 fully saturated rings. The highest BCUT2D eigenvalue weighted by Gasteiger charge is 2.29. The van der Waals surface area contributed by atoms with E-state index in [0.29, 0.717) is 43.5 Å². The number of aldehydes is 1. The maximum absolute atomic E-state index is 14.7. The van der Waals surface area contributed by atoms with Crippen LogP contribution in [-0.4, -0.2) is 48.4 Å². The van der Waals surface area contributed by atoms with E-state index in [-0.39, 0.29) is 29.4 Å². The number of halogens is 2. The van der Waals surface area contributed by atoms with Crippen molar-refractivity contribution in [3.8, 4) is 0 Å². The molecule has 1 heterocycles. The van der Waals surface area contributed by atoms with Gasteiger partial charge in [-0.1, -0.05) is 28.1 Å². The topological polar surface area (TPSA) is 134 Å². The van der Waals surface area contributed by atoms with Gasteiger partial charge in [0.2, 0.25) is 0 Å². The molecule has 1 amide bonds. The number of carboxylic acid groups (broad SMARTS) is 1. The van der Waals surface area contributed by atoms with E-state index >= 15 is 0 Å². The maximum Gasteiger partial charge on any atom is 0.328 e. The number of carboxylic acids is 1. The van der Waals surface area contributed by atoms with Gasteiger partial charge in [-0.05, 0) is 74.5 Å². The molecule has 1 unspecified atom stereocenters. The van der Waals surface area contributed by atoms with E-state index in [9.17, 15) is 23.9 Å². The smallest absolute Gasteiger partial charge is 0.328 e. The Morgan fingerprint density at radius 2 is 2.00 bits per heavy atom.